The van der Waals surface area contributed by atoms with E-state index in [9.17, 15) is 14.7 Å². The number of furan rings is 1. The molecule has 2 aromatic carbocycles. The summed E-state index contributed by atoms with van der Waals surface area (Å²) >= 11 is 0. The molecular formula is C21H20N2O6. The zero-order valence-electron chi connectivity index (χ0n) is 15.7. The van der Waals surface area contributed by atoms with Crippen molar-refractivity contribution in [1.29, 1.82) is 0 Å². The van der Waals surface area contributed by atoms with Crippen molar-refractivity contribution in [2.45, 2.75) is 19.1 Å². The third-order valence-corrected chi connectivity index (χ3v) is 4.65. The van der Waals surface area contributed by atoms with Crippen molar-refractivity contribution in [3.63, 3.8) is 0 Å². The van der Waals surface area contributed by atoms with Gasteiger partial charge in [0.1, 0.15) is 16.9 Å². The Bertz CT molecular complexity index is 1040. The lowest BCUT2D eigenvalue weighted by Crippen LogP contribution is -2.45. The van der Waals surface area contributed by atoms with E-state index in [2.05, 4.69) is 10.6 Å². The van der Waals surface area contributed by atoms with Crippen molar-refractivity contribution in [3.8, 4) is 11.5 Å². The molecule has 1 aliphatic heterocycles. The van der Waals surface area contributed by atoms with Crippen LogP contribution in [0.15, 0.2) is 52.9 Å². The number of hydrogen-bond donors (Lipinski definition) is 3. The molecule has 0 radical (unpaired) electrons. The molecule has 0 saturated heterocycles. The minimum atomic E-state index is -1.47. The van der Waals surface area contributed by atoms with Crippen LogP contribution in [-0.2, 0) is 21.7 Å². The Kier molecular flexibility index (Phi) is 4.85. The number of rotatable bonds is 5. The van der Waals surface area contributed by atoms with Crippen molar-refractivity contribution in [2.24, 2.45) is 0 Å². The number of hydrogen-bond acceptors (Lipinski definition) is 6. The molecule has 0 spiro atoms. The van der Waals surface area contributed by atoms with Crippen LogP contribution in [0.5, 0.6) is 11.5 Å². The van der Waals surface area contributed by atoms with Crippen LogP contribution in [0.2, 0.25) is 0 Å². The van der Waals surface area contributed by atoms with Gasteiger partial charge in [-0.2, -0.15) is 0 Å². The fraction of sp³-hybridized carbons (Fsp3) is 0.238. The van der Waals surface area contributed by atoms with Gasteiger partial charge in [-0.15, -0.1) is 0 Å². The first kappa shape index (κ1) is 18.8. The molecule has 0 aliphatic carbocycles. The lowest BCUT2D eigenvalue weighted by Gasteiger charge is -2.20. The molecule has 2 heterocycles. The fourth-order valence-corrected chi connectivity index (χ4v) is 2.98. The van der Waals surface area contributed by atoms with Gasteiger partial charge >= 0.3 is 11.8 Å². The van der Waals surface area contributed by atoms with E-state index in [1.165, 1.54) is 6.92 Å². The lowest BCUT2D eigenvalue weighted by atomic mass is 10.0. The first-order chi connectivity index (χ1) is 13.9. The van der Waals surface area contributed by atoms with Gasteiger partial charge in [0.2, 0.25) is 6.79 Å². The number of carbonyl (C=O) groups excluding carboxylic acids is 2. The highest BCUT2D eigenvalue weighted by atomic mass is 16.7. The topological polar surface area (TPSA) is 110 Å². The Labute approximate surface area is 166 Å². The summed E-state index contributed by atoms with van der Waals surface area (Å²) < 4.78 is 16.2. The minimum Gasteiger partial charge on any atom is -0.458 e. The second-order valence-electron chi connectivity index (χ2n) is 6.98. The second-order valence-corrected chi connectivity index (χ2v) is 6.98. The molecule has 150 valence electrons. The van der Waals surface area contributed by atoms with Gasteiger partial charge in [-0.1, -0.05) is 24.3 Å². The first-order valence-electron chi connectivity index (χ1n) is 9.08. The summed E-state index contributed by atoms with van der Waals surface area (Å²) in [5, 5.41) is 16.5. The maximum atomic E-state index is 12.1. The molecule has 3 aromatic rings. The summed E-state index contributed by atoms with van der Waals surface area (Å²) in [6.45, 7) is 1.65. The zero-order valence-corrected chi connectivity index (χ0v) is 15.7. The fourth-order valence-electron chi connectivity index (χ4n) is 2.98. The van der Waals surface area contributed by atoms with Crippen LogP contribution >= 0.6 is 0 Å². The standard InChI is InChI=1S/C21H20N2O6/c1-21(26,18-9-14-4-2-3-5-15(14)29-18)11-23-20(25)19(24)22-10-13-6-7-16-17(8-13)28-12-27-16/h2-9,26H,10-12H2,1H3,(H,22,24)(H,23,25)/t21-/m1/s1. The predicted molar refractivity (Wildman–Crippen MR) is 103 cm³/mol. The Balaban J connectivity index is 1.31. The molecule has 29 heavy (non-hydrogen) atoms. The number of amides is 2. The molecule has 2 amide bonds. The summed E-state index contributed by atoms with van der Waals surface area (Å²) in [5.74, 6) is -0.0984. The molecule has 8 heteroatoms. The highest BCUT2D eigenvalue weighted by molar-refractivity contribution is 6.35. The van der Waals surface area contributed by atoms with E-state index in [4.69, 9.17) is 13.9 Å². The number of fused-ring (bicyclic) bond motifs is 2. The smallest absolute Gasteiger partial charge is 0.309 e. The monoisotopic (exact) mass is 396 g/mol. The minimum absolute atomic E-state index is 0.156. The quantitative estimate of drug-likeness (QED) is 0.568. The van der Waals surface area contributed by atoms with E-state index in [1.54, 1.807) is 30.3 Å². The second kappa shape index (κ2) is 7.48. The molecule has 1 aromatic heterocycles. The average molecular weight is 396 g/mol. The van der Waals surface area contributed by atoms with Crippen LogP contribution in [0, 0.1) is 0 Å². The summed E-state index contributed by atoms with van der Waals surface area (Å²) in [4.78, 5) is 24.2. The van der Waals surface area contributed by atoms with E-state index in [-0.39, 0.29) is 19.9 Å². The molecule has 1 atom stereocenters. The van der Waals surface area contributed by atoms with Crippen molar-refractivity contribution >= 4 is 22.8 Å². The van der Waals surface area contributed by atoms with Crippen LogP contribution < -0.4 is 20.1 Å². The molecule has 0 saturated carbocycles. The van der Waals surface area contributed by atoms with Gasteiger partial charge in [0.15, 0.2) is 11.5 Å². The number of para-hydroxylation sites is 1. The molecule has 0 fully saturated rings. The summed E-state index contributed by atoms with van der Waals surface area (Å²) in [7, 11) is 0. The van der Waals surface area contributed by atoms with E-state index in [0.29, 0.717) is 22.8 Å². The van der Waals surface area contributed by atoms with E-state index < -0.39 is 17.4 Å². The van der Waals surface area contributed by atoms with Gasteiger partial charge in [0.05, 0.1) is 6.54 Å². The third kappa shape index (κ3) is 4.02. The Morgan fingerprint density at radius 3 is 2.62 bits per heavy atom. The summed E-state index contributed by atoms with van der Waals surface area (Å²) in [6, 6.07) is 14.3. The highest BCUT2D eigenvalue weighted by Gasteiger charge is 2.29. The zero-order chi connectivity index (χ0) is 20.4. The molecule has 0 bridgehead atoms. The van der Waals surface area contributed by atoms with Crippen LogP contribution in [0.25, 0.3) is 11.0 Å². The normalized spacial score (nSPS) is 14.4. The predicted octanol–water partition coefficient (Wildman–Crippen LogP) is 1.80. The summed E-state index contributed by atoms with van der Waals surface area (Å²) in [6.07, 6.45) is 0. The van der Waals surface area contributed by atoms with E-state index >= 15 is 0 Å². The molecule has 1 aliphatic rings. The maximum absolute atomic E-state index is 12.1. The first-order valence-corrected chi connectivity index (χ1v) is 9.08. The number of benzene rings is 2. The number of carbonyl (C=O) groups is 2. The van der Waals surface area contributed by atoms with Crippen molar-refractivity contribution in [1.82, 2.24) is 10.6 Å². The van der Waals surface area contributed by atoms with E-state index in [0.717, 1.165) is 10.9 Å². The highest BCUT2D eigenvalue weighted by Crippen LogP contribution is 2.32. The number of ether oxygens (including phenoxy) is 2. The maximum Gasteiger partial charge on any atom is 0.309 e. The molecule has 4 rings (SSSR count). The van der Waals surface area contributed by atoms with Crippen molar-refractivity contribution in [2.75, 3.05) is 13.3 Å². The largest absolute Gasteiger partial charge is 0.458 e. The molecular weight excluding hydrogens is 376 g/mol. The Hall–Kier alpha value is -3.52. The number of aliphatic hydroxyl groups is 1. The van der Waals surface area contributed by atoms with Crippen LogP contribution in [-0.4, -0.2) is 30.3 Å². The van der Waals surface area contributed by atoms with Gasteiger partial charge in [0, 0.05) is 11.9 Å². The molecule has 3 N–H and O–H groups in total. The van der Waals surface area contributed by atoms with Crippen molar-refractivity contribution in [3.05, 3.63) is 59.9 Å². The molecule has 8 nitrogen and oxygen atoms in total. The van der Waals surface area contributed by atoms with E-state index in [1.807, 2.05) is 18.2 Å². The lowest BCUT2D eigenvalue weighted by molar-refractivity contribution is -0.140. The number of nitrogens with one attached hydrogen (secondary N) is 2. The Morgan fingerprint density at radius 1 is 1.03 bits per heavy atom. The van der Waals surface area contributed by atoms with Gasteiger partial charge in [-0.25, -0.2) is 0 Å². The van der Waals surface area contributed by atoms with Crippen LogP contribution in [0.4, 0.5) is 0 Å². The van der Waals surface area contributed by atoms with Gasteiger partial charge in [0.25, 0.3) is 0 Å². The van der Waals surface area contributed by atoms with Gasteiger partial charge in [-0.3, -0.25) is 9.59 Å². The Morgan fingerprint density at radius 2 is 1.79 bits per heavy atom. The molecule has 0 unspecified atom stereocenters. The average Bonchev–Trinajstić information content (AvgIpc) is 3.36. The summed E-state index contributed by atoms with van der Waals surface area (Å²) in [5.41, 5.74) is -0.0630. The van der Waals surface area contributed by atoms with Gasteiger partial charge < -0.3 is 29.6 Å². The van der Waals surface area contributed by atoms with Crippen LogP contribution in [0.3, 0.4) is 0 Å². The van der Waals surface area contributed by atoms with Crippen molar-refractivity contribution < 1.29 is 28.6 Å². The third-order valence-electron chi connectivity index (χ3n) is 4.65. The van der Waals surface area contributed by atoms with Crippen LogP contribution in [0.1, 0.15) is 18.2 Å². The SMILES string of the molecule is C[C@@](O)(CNC(=O)C(=O)NCc1ccc2c(c1)OCO2)c1cc2ccccc2o1. The van der Waals surface area contributed by atoms with Gasteiger partial charge in [-0.05, 0) is 36.8 Å².